The molecular formula is C12H17NO3. The zero-order valence-corrected chi connectivity index (χ0v) is 9.68. The minimum atomic E-state index is -0.358. The summed E-state index contributed by atoms with van der Waals surface area (Å²) in [5, 5.41) is 10.3. The van der Waals surface area contributed by atoms with E-state index in [9.17, 15) is 14.9 Å². The van der Waals surface area contributed by atoms with Gasteiger partial charge in [-0.2, -0.15) is 0 Å². The normalized spacial score (nSPS) is 14.4. The van der Waals surface area contributed by atoms with E-state index in [-0.39, 0.29) is 17.4 Å². The van der Waals surface area contributed by atoms with Crippen molar-refractivity contribution in [2.24, 2.45) is 5.92 Å². The van der Waals surface area contributed by atoms with Gasteiger partial charge in [-0.3, -0.25) is 10.1 Å². The zero-order chi connectivity index (χ0) is 12.6. The summed E-state index contributed by atoms with van der Waals surface area (Å²) in [6, 6.07) is 0. The van der Waals surface area contributed by atoms with Gasteiger partial charge in [0.05, 0.1) is 5.92 Å². The van der Waals surface area contributed by atoms with Crippen LogP contribution in [-0.4, -0.2) is 17.8 Å². The first-order chi connectivity index (χ1) is 7.54. The van der Waals surface area contributed by atoms with Crippen LogP contribution < -0.4 is 0 Å². The summed E-state index contributed by atoms with van der Waals surface area (Å²) >= 11 is 0. The van der Waals surface area contributed by atoms with Gasteiger partial charge >= 0.3 is 0 Å². The summed E-state index contributed by atoms with van der Waals surface area (Å²) in [7, 11) is 0. The lowest BCUT2D eigenvalue weighted by atomic mass is 10.00. The Morgan fingerprint density at radius 1 is 1.56 bits per heavy atom. The van der Waals surface area contributed by atoms with Crippen LogP contribution in [0, 0.1) is 16.0 Å². The number of carbonyl (C=O) groups is 1. The number of aldehydes is 1. The van der Waals surface area contributed by atoms with Crippen LogP contribution in [0.3, 0.4) is 0 Å². The molecule has 0 aliphatic rings. The molecule has 16 heavy (non-hydrogen) atoms. The largest absolute Gasteiger partial charge is 0.302 e. The molecule has 0 amide bonds. The minimum absolute atomic E-state index is 0.153. The third-order valence-electron chi connectivity index (χ3n) is 2.35. The Bertz CT molecular complexity index is 321. The average Bonchev–Trinajstić information content (AvgIpc) is 2.25. The van der Waals surface area contributed by atoms with Gasteiger partial charge in [0.25, 0.3) is 0 Å². The highest BCUT2D eigenvalue weighted by Gasteiger charge is 2.06. The molecule has 0 bridgehead atoms. The van der Waals surface area contributed by atoms with Gasteiger partial charge in [-0.25, -0.2) is 0 Å². The van der Waals surface area contributed by atoms with Crippen molar-refractivity contribution in [2.45, 2.75) is 20.3 Å². The zero-order valence-electron chi connectivity index (χ0n) is 9.68. The van der Waals surface area contributed by atoms with Crippen molar-refractivity contribution in [1.29, 1.82) is 0 Å². The Morgan fingerprint density at radius 3 is 2.56 bits per heavy atom. The monoisotopic (exact) mass is 223 g/mol. The fraction of sp³-hybridized carbons (Fsp3) is 0.417. The van der Waals surface area contributed by atoms with Gasteiger partial charge in [0.15, 0.2) is 0 Å². The van der Waals surface area contributed by atoms with E-state index in [1.807, 2.05) is 13.0 Å². The van der Waals surface area contributed by atoms with Crippen molar-refractivity contribution in [3.05, 3.63) is 46.1 Å². The highest BCUT2D eigenvalue weighted by Crippen LogP contribution is 2.12. The van der Waals surface area contributed by atoms with Crippen LogP contribution in [-0.2, 0) is 4.79 Å². The van der Waals surface area contributed by atoms with Gasteiger partial charge in [-0.15, -0.1) is 6.58 Å². The topological polar surface area (TPSA) is 60.2 Å². The molecule has 0 saturated carbocycles. The molecule has 0 aromatic carbocycles. The van der Waals surface area contributed by atoms with Crippen molar-refractivity contribution in [2.75, 3.05) is 6.54 Å². The Hall–Kier alpha value is -1.71. The molecule has 0 saturated heterocycles. The maximum atomic E-state index is 10.6. The maximum Gasteiger partial charge on any atom is 0.225 e. The number of carbonyl (C=O) groups excluding carboxylic acids is 1. The SMILES string of the molecule is C=CC(C=O)/C(C)=C\C/C(=C\C)C[N+](=O)[O-]. The second-order valence-corrected chi connectivity index (χ2v) is 3.49. The molecule has 88 valence electrons. The minimum Gasteiger partial charge on any atom is -0.302 e. The molecule has 0 aliphatic heterocycles. The number of nitro groups is 1. The molecule has 0 spiro atoms. The first kappa shape index (κ1) is 14.3. The van der Waals surface area contributed by atoms with E-state index in [0.29, 0.717) is 6.42 Å². The lowest BCUT2D eigenvalue weighted by Gasteiger charge is -2.05. The van der Waals surface area contributed by atoms with E-state index in [1.165, 1.54) is 0 Å². The second-order valence-electron chi connectivity index (χ2n) is 3.49. The second kappa shape index (κ2) is 7.56. The smallest absolute Gasteiger partial charge is 0.225 e. The highest BCUT2D eigenvalue weighted by molar-refractivity contribution is 5.61. The lowest BCUT2D eigenvalue weighted by molar-refractivity contribution is -0.471. The molecule has 1 atom stereocenters. The maximum absolute atomic E-state index is 10.6. The number of hydrogen-bond donors (Lipinski definition) is 0. The van der Waals surface area contributed by atoms with Crippen LogP contribution in [0.1, 0.15) is 20.3 Å². The van der Waals surface area contributed by atoms with E-state index >= 15 is 0 Å². The number of allylic oxidation sites excluding steroid dienone is 4. The van der Waals surface area contributed by atoms with Gasteiger partial charge in [0.2, 0.25) is 6.54 Å². The van der Waals surface area contributed by atoms with Crippen LogP contribution in [0.4, 0.5) is 0 Å². The Kier molecular flexibility index (Phi) is 6.76. The van der Waals surface area contributed by atoms with Gasteiger partial charge in [-0.1, -0.05) is 23.8 Å². The molecule has 4 nitrogen and oxygen atoms in total. The third kappa shape index (κ3) is 5.24. The average molecular weight is 223 g/mol. The van der Waals surface area contributed by atoms with Crippen LogP contribution in [0.5, 0.6) is 0 Å². The third-order valence-corrected chi connectivity index (χ3v) is 2.35. The van der Waals surface area contributed by atoms with E-state index < -0.39 is 0 Å². The summed E-state index contributed by atoms with van der Waals surface area (Å²) in [6.45, 7) is 6.99. The Labute approximate surface area is 95.5 Å². The highest BCUT2D eigenvalue weighted by atomic mass is 16.6. The van der Waals surface area contributed by atoms with Crippen LogP contribution in [0.2, 0.25) is 0 Å². The fourth-order valence-electron chi connectivity index (χ4n) is 1.22. The van der Waals surface area contributed by atoms with E-state index in [2.05, 4.69) is 6.58 Å². The molecule has 4 heteroatoms. The van der Waals surface area contributed by atoms with Crippen LogP contribution in [0.15, 0.2) is 36.0 Å². The van der Waals surface area contributed by atoms with Gasteiger partial charge in [0, 0.05) is 4.92 Å². The number of nitrogens with zero attached hydrogens (tertiary/aromatic N) is 1. The Morgan fingerprint density at radius 2 is 2.19 bits per heavy atom. The van der Waals surface area contributed by atoms with Crippen molar-refractivity contribution < 1.29 is 9.72 Å². The van der Waals surface area contributed by atoms with Gasteiger partial charge in [-0.05, 0) is 25.8 Å². The molecule has 0 radical (unpaired) electrons. The first-order valence-corrected chi connectivity index (χ1v) is 5.05. The summed E-state index contributed by atoms with van der Waals surface area (Å²) in [4.78, 5) is 20.6. The standard InChI is InChI=1S/C12H17NO3/c1-4-11(8-13(15)16)7-6-10(3)12(5-2)9-14/h4-6,9,12H,2,7-8H2,1,3H3/b10-6-,11-4+. The molecule has 0 N–H and O–H groups in total. The summed E-state index contributed by atoms with van der Waals surface area (Å²) in [6.07, 6.45) is 6.43. The molecule has 0 aliphatic carbocycles. The van der Waals surface area contributed by atoms with Crippen molar-refractivity contribution in [3.8, 4) is 0 Å². The van der Waals surface area contributed by atoms with E-state index in [4.69, 9.17) is 0 Å². The molecule has 0 rings (SSSR count). The Balaban J connectivity index is 4.49. The van der Waals surface area contributed by atoms with E-state index in [1.54, 1.807) is 19.1 Å². The van der Waals surface area contributed by atoms with Gasteiger partial charge in [0.1, 0.15) is 6.29 Å². The van der Waals surface area contributed by atoms with Crippen LogP contribution in [0.25, 0.3) is 0 Å². The van der Waals surface area contributed by atoms with Crippen molar-refractivity contribution in [1.82, 2.24) is 0 Å². The number of rotatable bonds is 7. The fourth-order valence-corrected chi connectivity index (χ4v) is 1.22. The molecule has 0 aromatic rings. The van der Waals surface area contributed by atoms with Crippen molar-refractivity contribution in [3.63, 3.8) is 0 Å². The van der Waals surface area contributed by atoms with Crippen LogP contribution >= 0.6 is 0 Å². The molecule has 0 aromatic heterocycles. The van der Waals surface area contributed by atoms with Crippen molar-refractivity contribution >= 4 is 6.29 Å². The molecule has 0 heterocycles. The predicted octanol–water partition coefficient (Wildman–Crippen LogP) is 2.55. The molecule has 1 unspecified atom stereocenters. The summed E-state index contributed by atoms with van der Waals surface area (Å²) in [5.74, 6) is -0.297. The number of hydrogen-bond acceptors (Lipinski definition) is 3. The lowest BCUT2D eigenvalue weighted by Crippen LogP contribution is -2.04. The molecule has 0 fully saturated rings. The quantitative estimate of drug-likeness (QED) is 0.288. The van der Waals surface area contributed by atoms with Gasteiger partial charge < -0.3 is 4.79 Å². The molecular weight excluding hydrogens is 206 g/mol. The summed E-state index contributed by atoms with van der Waals surface area (Å²) < 4.78 is 0. The first-order valence-electron chi connectivity index (χ1n) is 5.05. The predicted molar refractivity (Wildman–Crippen MR) is 63.7 cm³/mol. The summed E-state index contributed by atoms with van der Waals surface area (Å²) in [5.41, 5.74) is 1.60. The van der Waals surface area contributed by atoms with E-state index in [0.717, 1.165) is 17.4 Å².